The Balaban J connectivity index is 2.10. The SMILES string of the molecule is Cc1ccc(S(=O)(=O)N/N=C\c2ccc[nH]2)cc1. The molecule has 18 heavy (non-hydrogen) atoms. The first-order valence-electron chi connectivity index (χ1n) is 5.33. The molecule has 0 radical (unpaired) electrons. The summed E-state index contributed by atoms with van der Waals surface area (Å²) in [4.78, 5) is 5.23. The first-order valence-corrected chi connectivity index (χ1v) is 6.81. The van der Waals surface area contributed by atoms with Crippen molar-refractivity contribution in [2.45, 2.75) is 11.8 Å². The van der Waals surface area contributed by atoms with Crippen LogP contribution in [0.25, 0.3) is 0 Å². The number of nitrogens with one attached hydrogen (secondary N) is 2. The highest BCUT2D eigenvalue weighted by molar-refractivity contribution is 7.89. The average molecular weight is 263 g/mol. The molecular formula is C12H13N3O2S. The third kappa shape index (κ3) is 2.98. The quantitative estimate of drug-likeness (QED) is 0.650. The van der Waals surface area contributed by atoms with E-state index in [1.165, 1.54) is 6.21 Å². The number of aromatic nitrogens is 1. The van der Waals surface area contributed by atoms with Crippen molar-refractivity contribution in [3.8, 4) is 0 Å². The van der Waals surface area contributed by atoms with Crippen molar-refractivity contribution >= 4 is 16.2 Å². The molecule has 0 aliphatic heterocycles. The van der Waals surface area contributed by atoms with Crippen molar-refractivity contribution in [2.75, 3.05) is 0 Å². The first-order chi connectivity index (χ1) is 8.58. The predicted molar refractivity (Wildman–Crippen MR) is 69.9 cm³/mol. The maximum absolute atomic E-state index is 11.8. The zero-order valence-corrected chi connectivity index (χ0v) is 10.6. The lowest BCUT2D eigenvalue weighted by Gasteiger charge is -2.03. The van der Waals surface area contributed by atoms with Gasteiger partial charge in [-0.25, -0.2) is 4.83 Å². The molecule has 0 fully saturated rings. The third-order valence-corrected chi connectivity index (χ3v) is 3.57. The van der Waals surface area contributed by atoms with E-state index in [0.29, 0.717) is 0 Å². The van der Waals surface area contributed by atoms with E-state index in [1.807, 2.05) is 6.92 Å². The van der Waals surface area contributed by atoms with Crippen molar-refractivity contribution in [2.24, 2.45) is 5.10 Å². The average Bonchev–Trinajstić information content (AvgIpc) is 2.82. The molecule has 0 saturated heterocycles. The maximum Gasteiger partial charge on any atom is 0.276 e. The Kier molecular flexibility index (Phi) is 3.47. The monoisotopic (exact) mass is 263 g/mol. The molecule has 0 aliphatic rings. The number of hydrogen-bond acceptors (Lipinski definition) is 3. The van der Waals surface area contributed by atoms with Crippen LogP contribution in [-0.2, 0) is 10.0 Å². The van der Waals surface area contributed by atoms with Gasteiger partial charge in [-0.3, -0.25) is 0 Å². The van der Waals surface area contributed by atoms with E-state index in [0.717, 1.165) is 11.3 Å². The van der Waals surface area contributed by atoms with E-state index in [-0.39, 0.29) is 4.90 Å². The fraction of sp³-hybridized carbons (Fsp3) is 0.0833. The van der Waals surface area contributed by atoms with E-state index in [1.54, 1.807) is 42.6 Å². The molecule has 0 saturated carbocycles. The second-order valence-corrected chi connectivity index (χ2v) is 5.45. The summed E-state index contributed by atoms with van der Waals surface area (Å²) in [7, 11) is -3.59. The molecule has 2 rings (SSSR count). The van der Waals surface area contributed by atoms with Crippen LogP contribution >= 0.6 is 0 Å². The van der Waals surface area contributed by atoms with Gasteiger partial charge < -0.3 is 4.98 Å². The number of hydrogen-bond donors (Lipinski definition) is 2. The molecule has 1 heterocycles. The number of H-pyrrole nitrogens is 1. The molecule has 2 aromatic rings. The van der Waals surface area contributed by atoms with Gasteiger partial charge in [-0.1, -0.05) is 17.7 Å². The molecule has 0 amide bonds. The Morgan fingerprint density at radius 3 is 2.56 bits per heavy atom. The molecule has 2 N–H and O–H groups in total. The van der Waals surface area contributed by atoms with Crippen LogP contribution in [0.2, 0.25) is 0 Å². The van der Waals surface area contributed by atoms with Gasteiger partial charge in [0.15, 0.2) is 0 Å². The number of benzene rings is 1. The number of sulfonamides is 1. The van der Waals surface area contributed by atoms with Crippen LogP contribution in [0.4, 0.5) is 0 Å². The largest absolute Gasteiger partial charge is 0.360 e. The minimum absolute atomic E-state index is 0.191. The molecule has 0 unspecified atom stereocenters. The van der Waals surface area contributed by atoms with Gasteiger partial charge in [0.2, 0.25) is 0 Å². The summed E-state index contributed by atoms with van der Waals surface area (Å²) in [5.41, 5.74) is 1.73. The minimum Gasteiger partial charge on any atom is -0.360 e. The Morgan fingerprint density at radius 2 is 1.94 bits per heavy atom. The normalized spacial score (nSPS) is 11.8. The number of nitrogens with zero attached hydrogens (tertiary/aromatic N) is 1. The molecule has 6 heteroatoms. The van der Waals surface area contributed by atoms with Crippen LogP contribution in [0.15, 0.2) is 52.6 Å². The Morgan fingerprint density at radius 1 is 1.22 bits per heavy atom. The van der Waals surface area contributed by atoms with E-state index >= 15 is 0 Å². The molecular weight excluding hydrogens is 250 g/mol. The second-order valence-electron chi connectivity index (χ2n) is 3.79. The van der Waals surface area contributed by atoms with Crippen LogP contribution in [0, 0.1) is 6.92 Å². The molecule has 5 nitrogen and oxygen atoms in total. The molecule has 1 aromatic carbocycles. The van der Waals surface area contributed by atoms with Gasteiger partial charge in [0.05, 0.1) is 16.8 Å². The van der Waals surface area contributed by atoms with Gasteiger partial charge in [-0.15, -0.1) is 0 Å². The van der Waals surface area contributed by atoms with Gasteiger partial charge in [0.25, 0.3) is 10.0 Å². The maximum atomic E-state index is 11.8. The van der Waals surface area contributed by atoms with Gasteiger partial charge in [-0.05, 0) is 31.2 Å². The first kappa shape index (κ1) is 12.4. The Bertz CT molecular complexity index is 628. The van der Waals surface area contributed by atoms with E-state index in [9.17, 15) is 8.42 Å². The van der Waals surface area contributed by atoms with Crippen molar-refractivity contribution in [3.63, 3.8) is 0 Å². The smallest absolute Gasteiger partial charge is 0.276 e. The van der Waals surface area contributed by atoms with E-state index in [4.69, 9.17) is 0 Å². The van der Waals surface area contributed by atoms with Crippen molar-refractivity contribution in [1.82, 2.24) is 9.82 Å². The molecule has 0 atom stereocenters. The number of hydrazone groups is 1. The van der Waals surface area contributed by atoms with Gasteiger partial charge in [0, 0.05) is 6.20 Å². The lowest BCUT2D eigenvalue weighted by Crippen LogP contribution is -2.18. The van der Waals surface area contributed by atoms with Crippen molar-refractivity contribution in [3.05, 3.63) is 53.9 Å². The fourth-order valence-electron chi connectivity index (χ4n) is 1.36. The van der Waals surface area contributed by atoms with Crippen LogP contribution < -0.4 is 4.83 Å². The lowest BCUT2D eigenvalue weighted by molar-refractivity contribution is 0.584. The summed E-state index contributed by atoms with van der Waals surface area (Å²) in [6.45, 7) is 1.90. The Labute approximate surface area is 106 Å². The summed E-state index contributed by atoms with van der Waals surface area (Å²) in [6.07, 6.45) is 3.14. The van der Waals surface area contributed by atoms with Gasteiger partial charge >= 0.3 is 0 Å². The molecule has 1 aromatic heterocycles. The summed E-state index contributed by atoms with van der Waals surface area (Å²) in [5, 5.41) is 3.69. The van der Waals surface area contributed by atoms with Crippen LogP contribution in [0.1, 0.15) is 11.3 Å². The van der Waals surface area contributed by atoms with Gasteiger partial charge in [-0.2, -0.15) is 13.5 Å². The molecule has 0 bridgehead atoms. The number of aromatic amines is 1. The molecule has 0 spiro atoms. The predicted octanol–water partition coefficient (Wildman–Crippen LogP) is 1.64. The van der Waals surface area contributed by atoms with Crippen LogP contribution in [0.5, 0.6) is 0 Å². The third-order valence-electron chi connectivity index (χ3n) is 2.33. The van der Waals surface area contributed by atoms with Crippen molar-refractivity contribution < 1.29 is 8.42 Å². The van der Waals surface area contributed by atoms with E-state index < -0.39 is 10.0 Å². The summed E-state index contributed by atoms with van der Waals surface area (Å²) < 4.78 is 23.7. The molecule has 94 valence electrons. The second kappa shape index (κ2) is 5.05. The number of rotatable bonds is 4. The highest BCUT2D eigenvalue weighted by Crippen LogP contribution is 2.09. The van der Waals surface area contributed by atoms with Crippen molar-refractivity contribution in [1.29, 1.82) is 0 Å². The summed E-state index contributed by atoms with van der Waals surface area (Å²) in [6, 6.07) is 10.1. The van der Waals surface area contributed by atoms with Gasteiger partial charge in [0.1, 0.15) is 0 Å². The highest BCUT2D eigenvalue weighted by atomic mass is 32.2. The Hall–Kier alpha value is -2.08. The standard InChI is InChI=1S/C12H13N3O2S/c1-10-4-6-12(7-5-10)18(16,17)15-14-9-11-3-2-8-13-11/h2-9,13,15H,1H3/b14-9-. The highest BCUT2D eigenvalue weighted by Gasteiger charge is 2.11. The number of aryl methyl sites for hydroxylation is 1. The fourth-order valence-corrected chi connectivity index (χ4v) is 2.15. The van der Waals surface area contributed by atoms with Crippen LogP contribution in [-0.4, -0.2) is 19.6 Å². The summed E-state index contributed by atoms with van der Waals surface area (Å²) >= 11 is 0. The zero-order valence-electron chi connectivity index (χ0n) is 9.79. The van der Waals surface area contributed by atoms with Crippen LogP contribution in [0.3, 0.4) is 0 Å². The minimum atomic E-state index is -3.59. The summed E-state index contributed by atoms with van der Waals surface area (Å²) in [5.74, 6) is 0. The zero-order chi connectivity index (χ0) is 13.0. The topological polar surface area (TPSA) is 74.3 Å². The molecule has 0 aliphatic carbocycles. The lowest BCUT2D eigenvalue weighted by atomic mass is 10.2. The van der Waals surface area contributed by atoms with E-state index in [2.05, 4.69) is 14.9 Å².